The summed E-state index contributed by atoms with van der Waals surface area (Å²) < 4.78 is 5.52. The molecule has 114 valence electrons. The van der Waals surface area contributed by atoms with Crippen LogP contribution in [0.5, 0.6) is 5.75 Å². The molecule has 1 aliphatic rings. The molecule has 5 nitrogen and oxygen atoms in total. The third kappa shape index (κ3) is 3.69. The van der Waals surface area contributed by atoms with Gasteiger partial charge in [-0.2, -0.15) is 0 Å². The molecule has 1 aliphatic heterocycles. The standard InChI is InChI=1S/C15H19NO4S/c1-9-4-10(2)6-12(5-9)20-7-14(17)16-11(3)21-8-13(16)15(18)19/h4-6,11,13H,7-8H2,1-3H3,(H,18,19). The molecule has 0 aliphatic carbocycles. The van der Waals surface area contributed by atoms with Crippen molar-refractivity contribution in [2.45, 2.75) is 32.2 Å². The molecule has 2 atom stereocenters. The van der Waals surface area contributed by atoms with Crippen LogP contribution in [0.15, 0.2) is 18.2 Å². The minimum absolute atomic E-state index is 0.138. The summed E-state index contributed by atoms with van der Waals surface area (Å²) in [7, 11) is 0. The summed E-state index contributed by atoms with van der Waals surface area (Å²) in [5.74, 6) is -0.205. The van der Waals surface area contributed by atoms with Gasteiger partial charge in [-0.3, -0.25) is 4.79 Å². The number of hydrogen-bond donors (Lipinski definition) is 1. The molecular weight excluding hydrogens is 290 g/mol. The lowest BCUT2D eigenvalue weighted by atomic mass is 10.1. The highest BCUT2D eigenvalue weighted by molar-refractivity contribution is 8.00. The van der Waals surface area contributed by atoms with E-state index in [1.807, 2.05) is 39.0 Å². The number of hydrogen-bond acceptors (Lipinski definition) is 4. The molecular formula is C15H19NO4S. The normalized spacial score (nSPS) is 21.4. The van der Waals surface area contributed by atoms with Crippen molar-refractivity contribution in [3.8, 4) is 5.75 Å². The number of nitrogens with zero attached hydrogens (tertiary/aromatic N) is 1. The van der Waals surface area contributed by atoms with Gasteiger partial charge in [0.25, 0.3) is 5.91 Å². The first-order valence-corrected chi connectivity index (χ1v) is 7.80. The van der Waals surface area contributed by atoms with Crippen LogP contribution in [-0.4, -0.2) is 45.7 Å². The number of amides is 1. The third-order valence-corrected chi connectivity index (χ3v) is 4.57. The number of aryl methyl sites for hydroxylation is 2. The Hall–Kier alpha value is -1.69. The third-order valence-electron chi connectivity index (χ3n) is 3.35. The van der Waals surface area contributed by atoms with Crippen LogP contribution in [0.25, 0.3) is 0 Å². The molecule has 0 bridgehead atoms. The Morgan fingerprint density at radius 3 is 2.52 bits per heavy atom. The molecule has 0 spiro atoms. The average Bonchev–Trinajstić information content (AvgIpc) is 2.77. The number of thioether (sulfide) groups is 1. The van der Waals surface area contributed by atoms with Crippen molar-refractivity contribution in [1.82, 2.24) is 4.90 Å². The molecule has 1 N–H and O–H groups in total. The second-order valence-corrected chi connectivity index (χ2v) is 6.55. The zero-order valence-corrected chi connectivity index (χ0v) is 13.1. The lowest BCUT2D eigenvalue weighted by molar-refractivity contribution is -0.149. The number of carboxylic acid groups (broad SMARTS) is 1. The van der Waals surface area contributed by atoms with E-state index in [1.54, 1.807) is 0 Å². The molecule has 1 saturated heterocycles. The predicted molar refractivity (Wildman–Crippen MR) is 81.6 cm³/mol. The zero-order valence-electron chi connectivity index (χ0n) is 12.3. The van der Waals surface area contributed by atoms with E-state index >= 15 is 0 Å². The Morgan fingerprint density at radius 1 is 1.33 bits per heavy atom. The quantitative estimate of drug-likeness (QED) is 0.922. The summed E-state index contributed by atoms with van der Waals surface area (Å²) in [5.41, 5.74) is 2.12. The molecule has 6 heteroatoms. The van der Waals surface area contributed by atoms with Crippen LogP contribution in [0, 0.1) is 13.8 Å². The molecule has 0 radical (unpaired) electrons. The lowest BCUT2D eigenvalue weighted by Crippen LogP contribution is -2.46. The average molecular weight is 309 g/mol. The first-order valence-electron chi connectivity index (χ1n) is 6.75. The second kappa shape index (κ2) is 6.39. The fraction of sp³-hybridized carbons (Fsp3) is 0.467. The number of carbonyl (C=O) groups is 2. The van der Waals surface area contributed by atoms with E-state index in [0.29, 0.717) is 11.5 Å². The SMILES string of the molecule is Cc1cc(C)cc(OCC(=O)N2C(C)SCC2C(=O)O)c1. The number of carbonyl (C=O) groups excluding carboxylic acids is 1. The number of rotatable bonds is 4. The van der Waals surface area contributed by atoms with Gasteiger partial charge in [0.15, 0.2) is 6.61 Å². The molecule has 21 heavy (non-hydrogen) atoms. The highest BCUT2D eigenvalue weighted by atomic mass is 32.2. The first kappa shape index (κ1) is 15.7. The summed E-state index contributed by atoms with van der Waals surface area (Å²) in [6, 6.07) is 4.98. The number of carboxylic acids is 1. The van der Waals surface area contributed by atoms with Crippen LogP contribution in [0.2, 0.25) is 0 Å². The highest BCUT2D eigenvalue weighted by Crippen LogP contribution is 2.29. The Kier molecular flexibility index (Phi) is 4.77. The molecule has 2 rings (SSSR count). The van der Waals surface area contributed by atoms with Gasteiger partial charge in [0.2, 0.25) is 0 Å². The zero-order chi connectivity index (χ0) is 15.6. The lowest BCUT2D eigenvalue weighted by Gasteiger charge is -2.25. The van der Waals surface area contributed by atoms with E-state index in [0.717, 1.165) is 11.1 Å². The van der Waals surface area contributed by atoms with E-state index in [2.05, 4.69) is 0 Å². The predicted octanol–water partition coefficient (Wildman–Crippen LogP) is 2.06. The molecule has 1 fully saturated rings. The van der Waals surface area contributed by atoms with Gasteiger partial charge < -0.3 is 14.7 Å². The monoisotopic (exact) mass is 309 g/mol. The topological polar surface area (TPSA) is 66.8 Å². The summed E-state index contributed by atoms with van der Waals surface area (Å²) in [6.07, 6.45) is 0. The van der Waals surface area contributed by atoms with Crippen LogP contribution in [0.4, 0.5) is 0 Å². The van der Waals surface area contributed by atoms with Crippen LogP contribution < -0.4 is 4.74 Å². The Labute approximate surface area is 128 Å². The van der Waals surface area contributed by atoms with Gasteiger partial charge in [-0.05, 0) is 44.0 Å². The molecule has 0 saturated carbocycles. The van der Waals surface area contributed by atoms with Gasteiger partial charge in [0, 0.05) is 5.75 Å². The van der Waals surface area contributed by atoms with Crippen molar-refractivity contribution in [1.29, 1.82) is 0 Å². The van der Waals surface area contributed by atoms with Crippen molar-refractivity contribution < 1.29 is 19.4 Å². The summed E-state index contributed by atoms with van der Waals surface area (Å²) >= 11 is 1.47. The smallest absolute Gasteiger partial charge is 0.327 e. The molecule has 2 unspecified atom stereocenters. The molecule has 0 aromatic heterocycles. The summed E-state index contributed by atoms with van der Waals surface area (Å²) in [5, 5.41) is 9.02. The van der Waals surface area contributed by atoms with Gasteiger partial charge in [-0.15, -0.1) is 11.8 Å². The fourth-order valence-electron chi connectivity index (χ4n) is 2.45. The maximum Gasteiger partial charge on any atom is 0.327 e. The minimum Gasteiger partial charge on any atom is -0.484 e. The van der Waals surface area contributed by atoms with E-state index in [-0.39, 0.29) is 17.9 Å². The molecule has 1 aromatic rings. The van der Waals surface area contributed by atoms with Crippen molar-refractivity contribution in [2.24, 2.45) is 0 Å². The Balaban J connectivity index is 2.02. The van der Waals surface area contributed by atoms with Crippen LogP contribution in [-0.2, 0) is 9.59 Å². The van der Waals surface area contributed by atoms with E-state index < -0.39 is 12.0 Å². The second-order valence-electron chi connectivity index (χ2n) is 5.20. The summed E-state index contributed by atoms with van der Waals surface area (Å²) in [6.45, 7) is 5.61. The van der Waals surface area contributed by atoms with Crippen molar-refractivity contribution in [3.63, 3.8) is 0 Å². The number of benzene rings is 1. The van der Waals surface area contributed by atoms with Gasteiger partial charge in [0.05, 0.1) is 5.37 Å². The Bertz CT molecular complexity index is 540. The summed E-state index contributed by atoms with van der Waals surface area (Å²) in [4.78, 5) is 24.8. The minimum atomic E-state index is -0.966. The largest absolute Gasteiger partial charge is 0.484 e. The van der Waals surface area contributed by atoms with Crippen molar-refractivity contribution in [3.05, 3.63) is 29.3 Å². The van der Waals surface area contributed by atoms with Gasteiger partial charge in [-0.25, -0.2) is 4.79 Å². The molecule has 1 heterocycles. The number of ether oxygens (including phenoxy) is 1. The van der Waals surface area contributed by atoms with E-state index in [1.165, 1.54) is 16.7 Å². The van der Waals surface area contributed by atoms with Gasteiger partial charge in [0.1, 0.15) is 11.8 Å². The highest BCUT2D eigenvalue weighted by Gasteiger charge is 2.39. The van der Waals surface area contributed by atoms with E-state index in [9.17, 15) is 9.59 Å². The first-order chi connectivity index (χ1) is 9.88. The number of aliphatic carboxylic acids is 1. The van der Waals surface area contributed by atoms with Crippen LogP contribution in [0.1, 0.15) is 18.1 Å². The maximum absolute atomic E-state index is 12.2. The molecule has 1 aromatic carbocycles. The Morgan fingerprint density at radius 2 is 1.95 bits per heavy atom. The maximum atomic E-state index is 12.2. The van der Waals surface area contributed by atoms with Crippen LogP contribution in [0.3, 0.4) is 0 Å². The van der Waals surface area contributed by atoms with Crippen LogP contribution >= 0.6 is 11.8 Å². The van der Waals surface area contributed by atoms with Crippen molar-refractivity contribution >= 4 is 23.6 Å². The fourth-order valence-corrected chi connectivity index (χ4v) is 3.64. The van der Waals surface area contributed by atoms with E-state index in [4.69, 9.17) is 9.84 Å². The van der Waals surface area contributed by atoms with Crippen molar-refractivity contribution in [2.75, 3.05) is 12.4 Å². The molecule has 1 amide bonds. The van der Waals surface area contributed by atoms with Gasteiger partial charge in [-0.1, -0.05) is 6.07 Å². The van der Waals surface area contributed by atoms with Gasteiger partial charge >= 0.3 is 5.97 Å².